The number of ether oxygens (including phenoxy) is 2. The van der Waals surface area contributed by atoms with Gasteiger partial charge in [-0.25, -0.2) is 4.98 Å². The van der Waals surface area contributed by atoms with Crippen LogP contribution in [0.4, 0.5) is 5.95 Å². The van der Waals surface area contributed by atoms with Gasteiger partial charge in [-0.2, -0.15) is 4.98 Å². The summed E-state index contributed by atoms with van der Waals surface area (Å²) in [6.45, 7) is 7.37. The van der Waals surface area contributed by atoms with Crippen molar-refractivity contribution in [1.29, 1.82) is 0 Å². The first kappa shape index (κ1) is 13.7. The quantitative estimate of drug-likeness (QED) is 0.789. The van der Waals surface area contributed by atoms with Crippen LogP contribution in [0.5, 0.6) is 5.88 Å². The molecule has 5 nitrogen and oxygen atoms in total. The molecule has 0 radical (unpaired) electrons. The maximum atomic E-state index is 5.69. The van der Waals surface area contributed by atoms with E-state index >= 15 is 0 Å². The molecule has 17 heavy (non-hydrogen) atoms. The number of anilines is 1. The molecule has 0 saturated carbocycles. The molecule has 0 aromatic carbocycles. The van der Waals surface area contributed by atoms with Crippen LogP contribution in [0.15, 0.2) is 6.20 Å². The summed E-state index contributed by atoms with van der Waals surface area (Å²) in [7, 11) is 1.65. The molecule has 1 N–H and O–H groups in total. The smallest absolute Gasteiger partial charge is 0.225 e. The lowest BCUT2D eigenvalue weighted by molar-refractivity contribution is 0.0884. The molecule has 0 spiro atoms. The van der Waals surface area contributed by atoms with Crippen molar-refractivity contribution in [2.75, 3.05) is 25.6 Å². The van der Waals surface area contributed by atoms with E-state index in [-0.39, 0.29) is 6.10 Å². The number of nitrogens with zero attached hydrogens (tertiary/aromatic N) is 2. The van der Waals surface area contributed by atoms with Gasteiger partial charge in [-0.15, -0.1) is 0 Å². The third-order valence-electron chi connectivity index (χ3n) is 2.17. The minimum absolute atomic E-state index is 0.0207. The van der Waals surface area contributed by atoms with Crippen LogP contribution in [0.3, 0.4) is 0 Å². The molecular weight excluding hydrogens is 218 g/mol. The predicted molar refractivity (Wildman–Crippen MR) is 67.5 cm³/mol. The topological polar surface area (TPSA) is 56.3 Å². The highest BCUT2D eigenvalue weighted by Gasteiger charge is 2.09. The van der Waals surface area contributed by atoms with Gasteiger partial charge < -0.3 is 14.8 Å². The minimum Gasteiger partial charge on any atom is -0.472 e. The molecule has 0 aliphatic rings. The zero-order valence-corrected chi connectivity index (χ0v) is 11.0. The summed E-state index contributed by atoms with van der Waals surface area (Å²) >= 11 is 0. The fourth-order valence-electron chi connectivity index (χ4n) is 1.33. The highest BCUT2D eigenvalue weighted by atomic mass is 16.5. The Kier molecular flexibility index (Phi) is 5.69. The van der Waals surface area contributed by atoms with Crippen LogP contribution >= 0.6 is 0 Å². The van der Waals surface area contributed by atoms with Gasteiger partial charge in [-0.3, -0.25) is 0 Å². The molecule has 5 heteroatoms. The molecule has 1 rings (SSSR count). The average Bonchev–Trinajstić information content (AvgIpc) is 2.30. The van der Waals surface area contributed by atoms with Crippen LogP contribution in [-0.4, -0.2) is 36.3 Å². The van der Waals surface area contributed by atoms with E-state index in [0.717, 1.165) is 18.5 Å². The Morgan fingerprint density at radius 3 is 2.88 bits per heavy atom. The van der Waals surface area contributed by atoms with Gasteiger partial charge in [-0.1, -0.05) is 6.92 Å². The summed E-state index contributed by atoms with van der Waals surface area (Å²) in [5.41, 5.74) is 0.926. The van der Waals surface area contributed by atoms with Crippen LogP contribution < -0.4 is 10.1 Å². The Morgan fingerprint density at radius 2 is 2.24 bits per heavy atom. The number of aryl methyl sites for hydroxylation is 1. The Balaban J connectivity index is 2.68. The number of hydrogen-bond acceptors (Lipinski definition) is 5. The number of nitrogens with one attached hydrogen (secondary N) is 1. The number of hydrogen-bond donors (Lipinski definition) is 1. The highest BCUT2D eigenvalue weighted by molar-refractivity contribution is 5.32. The van der Waals surface area contributed by atoms with Gasteiger partial charge in [0.1, 0.15) is 6.10 Å². The molecule has 1 aromatic heterocycles. The molecule has 0 amide bonds. The Morgan fingerprint density at radius 1 is 1.47 bits per heavy atom. The fraction of sp³-hybridized carbons (Fsp3) is 0.667. The highest BCUT2D eigenvalue weighted by Crippen LogP contribution is 2.16. The van der Waals surface area contributed by atoms with E-state index in [2.05, 4.69) is 22.2 Å². The first-order chi connectivity index (χ1) is 8.17. The second-order valence-corrected chi connectivity index (χ2v) is 3.99. The second kappa shape index (κ2) is 7.06. The van der Waals surface area contributed by atoms with Crippen molar-refractivity contribution in [2.45, 2.75) is 33.3 Å². The SMILES string of the molecule is CCCNc1ncc(C)c(OC(C)COC)n1. The lowest BCUT2D eigenvalue weighted by Gasteiger charge is -2.15. The first-order valence-corrected chi connectivity index (χ1v) is 5.90. The van der Waals surface area contributed by atoms with E-state index in [1.54, 1.807) is 13.3 Å². The zero-order chi connectivity index (χ0) is 12.7. The van der Waals surface area contributed by atoms with Crippen molar-refractivity contribution in [3.05, 3.63) is 11.8 Å². The molecule has 0 aliphatic heterocycles. The first-order valence-electron chi connectivity index (χ1n) is 5.90. The number of rotatable bonds is 7. The summed E-state index contributed by atoms with van der Waals surface area (Å²) in [4.78, 5) is 8.53. The number of methoxy groups -OCH3 is 1. The monoisotopic (exact) mass is 239 g/mol. The summed E-state index contributed by atoms with van der Waals surface area (Å²) < 4.78 is 10.7. The Hall–Kier alpha value is -1.36. The van der Waals surface area contributed by atoms with Crippen molar-refractivity contribution in [2.24, 2.45) is 0 Å². The summed E-state index contributed by atoms with van der Waals surface area (Å²) in [5, 5.41) is 3.13. The zero-order valence-electron chi connectivity index (χ0n) is 11.0. The summed E-state index contributed by atoms with van der Waals surface area (Å²) in [5.74, 6) is 1.22. The number of aromatic nitrogens is 2. The molecule has 0 fully saturated rings. The minimum atomic E-state index is -0.0207. The van der Waals surface area contributed by atoms with Gasteiger partial charge in [0.05, 0.1) is 6.61 Å². The maximum Gasteiger partial charge on any atom is 0.225 e. The van der Waals surface area contributed by atoms with Gasteiger partial charge in [0.25, 0.3) is 0 Å². The molecular formula is C12H21N3O2. The summed E-state index contributed by atoms with van der Waals surface area (Å²) in [6, 6.07) is 0. The predicted octanol–water partition coefficient (Wildman–Crippen LogP) is 2.02. The van der Waals surface area contributed by atoms with Crippen molar-refractivity contribution < 1.29 is 9.47 Å². The van der Waals surface area contributed by atoms with E-state index in [9.17, 15) is 0 Å². The lowest BCUT2D eigenvalue weighted by atomic mass is 10.3. The molecule has 1 unspecified atom stereocenters. The van der Waals surface area contributed by atoms with Crippen LogP contribution in [0.1, 0.15) is 25.8 Å². The van der Waals surface area contributed by atoms with Crippen LogP contribution in [0, 0.1) is 6.92 Å². The van der Waals surface area contributed by atoms with Gasteiger partial charge in [-0.05, 0) is 20.3 Å². The molecule has 0 saturated heterocycles. The van der Waals surface area contributed by atoms with Crippen LogP contribution in [-0.2, 0) is 4.74 Å². The second-order valence-electron chi connectivity index (χ2n) is 3.99. The molecule has 0 bridgehead atoms. The molecule has 1 aromatic rings. The van der Waals surface area contributed by atoms with Crippen LogP contribution in [0.2, 0.25) is 0 Å². The third-order valence-corrected chi connectivity index (χ3v) is 2.17. The summed E-state index contributed by atoms with van der Waals surface area (Å²) in [6.07, 6.45) is 2.78. The molecule has 96 valence electrons. The maximum absolute atomic E-state index is 5.69. The standard InChI is InChI=1S/C12H21N3O2/c1-5-6-13-12-14-7-9(2)11(15-12)17-10(3)8-16-4/h7,10H,5-6,8H2,1-4H3,(H,13,14,15). The van der Waals surface area contributed by atoms with Crippen molar-refractivity contribution in [1.82, 2.24) is 9.97 Å². The van der Waals surface area contributed by atoms with Crippen molar-refractivity contribution in [3.8, 4) is 5.88 Å². The van der Waals surface area contributed by atoms with E-state index in [1.165, 1.54) is 0 Å². The molecule has 1 atom stereocenters. The van der Waals surface area contributed by atoms with Gasteiger partial charge in [0, 0.05) is 25.4 Å². The fourth-order valence-corrected chi connectivity index (χ4v) is 1.33. The Labute approximate surface area is 103 Å². The Bertz CT molecular complexity index is 345. The third kappa shape index (κ3) is 4.56. The largest absolute Gasteiger partial charge is 0.472 e. The van der Waals surface area contributed by atoms with Gasteiger partial charge >= 0.3 is 0 Å². The average molecular weight is 239 g/mol. The molecule has 0 aliphatic carbocycles. The molecule has 1 heterocycles. The lowest BCUT2D eigenvalue weighted by Crippen LogP contribution is -2.19. The van der Waals surface area contributed by atoms with Gasteiger partial charge in [0.2, 0.25) is 11.8 Å². The van der Waals surface area contributed by atoms with E-state index in [0.29, 0.717) is 18.4 Å². The van der Waals surface area contributed by atoms with E-state index in [1.807, 2.05) is 13.8 Å². The van der Waals surface area contributed by atoms with E-state index < -0.39 is 0 Å². The van der Waals surface area contributed by atoms with Crippen molar-refractivity contribution in [3.63, 3.8) is 0 Å². The van der Waals surface area contributed by atoms with Gasteiger partial charge in [0.15, 0.2) is 0 Å². The normalized spacial score (nSPS) is 12.2. The van der Waals surface area contributed by atoms with Crippen molar-refractivity contribution >= 4 is 5.95 Å². The van der Waals surface area contributed by atoms with Crippen LogP contribution in [0.25, 0.3) is 0 Å². The van der Waals surface area contributed by atoms with E-state index in [4.69, 9.17) is 9.47 Å².